The summed E-state index contributed by atoms with van der Waals surface area (Å²) in [4.78, 5) is 17.1. The molecule has 26 heavy (non-hydrogen) atoms. The number of ether oxygens (including phenoxy) is 1. The quantitative estimate of drug-likeness (QED) is 0.812. The summed E-state index contributed by atoms with van der Waals surface area (Å²) >= 11 is 0. The molecule has 2 fully saturated rings. The Bertz CT molecular complexity index is 898. The van der Waals surface area contributed by atoms with Crippen molar-refractivity contribution in [2.24, 2.45) is 0 Å². The molecule has 1 N–H and O–H groups in total. The van der Waals surface area contributed by atoms with Crippen LogP contribution in [0.25, 0.3) is 11.0 Å². The average Bonchev–Trinajstić information content (AvgIpc) is 3.01. The number of hydrogen-bond acceptors (Lipinski definition) is 7. The molecular weight excluding hydrogens is 356 g/mol. The van der Waals surface area contributed by atoms with E-state index < -0.39 is 10.0 Å². The third-order valence-corrected chi connectivity index (χ3v) is 6.19. The van der Waals surface area contributed by atoms with Crippen molar-refractivity contribution in [3.63, 3.8) is 0 Å². The van der Waals surface area contributed by atoms with Crippen molar-refractivity contribution in [1.29, 1.82) is 0 Å². The molecule has 0 saturated carbocycles. The van der Waals surface area contributed by atoms with Crippen molar-refractivity contribution in [3.8, 4) is 0 Å². The number of hydrogen-bond donors (Lipinski definition) is 1. The van der Waals surface area contributed by atoms with E-state index in [9.17, 15) is 8.42 Å². The number of morpholine rings is 1. The van der Waals surface area contributed by atoms with Crippen LogP contribution >= 0.6 is 0 Å². The van der Waals surface area contributed by atoms with Crippen molar-refractivity contribution >= 4 is 32.8 Å². The molecule has 0 radical (unpaired) electrons. The minimum Gasteiger partial charge on any atom is -0.378 e. The second-order valence-corrected chi connectivity index (χ2v) is 8.79. The lowest BCUT2D eigenvalue weighted by molar-refractivity contribution is 0.122. The zero-order chi connectivity index (χ0) is 18.3. The summed E-state index contributed by atoms with van der Waals surface area (Å²) in [7, 11) is -3.15. The molecule has 0 aromatic carbocycles. The van der Waals surface area contributed by atoms with Crippen molar-refractivity contribution < 1.29 is 13.2 Å². The number of aromatic nitrogens is 3. The van der Waals surface area contributed by atoms with Crippen LogP contribution in [0.3, 0.4) is 0 Å². The van der Waals surface area contributed by atoms with Gasteiger partial charge in [0, 0.05) is 45.0 Å². The van der Waals surface area contributed by atoms with Gasteiger partial charge in [-0.2, -0.15) is 14.3 Å². The Labute approximate surface area is 153 Å². The van der Waals surface area contributed by atoms with Gasteiger partial charge in [-0.05, 0) is 13.0 Å². The van der Waals surface area contributed by atoms with Gasteiger partial charge in [0.2, 0.25) is 16.0 Å². The Balaban J connectivity index is 1.67. The summed E-state index contributed by atoms with van der Waals surface area (Å²) in [6, 6.07) is 2.05. The van der Waals surface area contributed by atoms with Gasteiger partial charge in [-0.3, -0.25) is 0 Å². The molecule has 4 heterocycles. The normalized spacial score (nSPS) is 20.1. The van der Waals surface area contributed by atoms with Crippen LogP contribution in [0.15, 0.2) is 6.07 Å². The van der Waals surface area contributed by atoms with Crippen molar-refractivity contribution in [1.82, 2.24) is 19.3 Å². The smallest absolute Gasteiger partial charge is 0.229 e. The van der Waals surface area contributed by atoms with Crippen LogP contribution in [0.1, 0.15) is 5.69 Å². The largest absolute Gasteiger partial charge is 0.378 e. The molecule has 0 unspecified atom stereocenters. The Kier molecular flexibility index (Phi) is 4.49. The lowest BCUT2D eigenvalue weighted by Gasteiger charge is -2.35. The zero-order valence-electron chi connectivity index (χ0n) is 15.1. The molecule has 2 aliphatic heterocycles. The number of piperazine rings is 1. The van der Waals surface area contributed by atoms with Gasteiger partial charge in [0.15, 0.2) is 0 Å². The van der Waals surface area contributed by atoms with E-state index in [1.165, 1.54) is 10.6 Å². The Hall–Kier alpha value is -1.91. The Morgan fingerprint density at radius 1 is 1.04 bits per heavy atom. The molecular formula is C16H24N6O3S. The number of rotatable bonds is 3. The lowest BCUT2D eigenvalue weighted by Crippen LogP contribution is -2.48. The highest BCUT2D eigenvalue weighted by molar-refractivity contribution is 7.88. The monoisotopic (exact) mass is 380 g/mol. The molecule has 2 saturated heterocycles. The third kappa shape index (κ3) is 3.36. The predicted octanol–water partition coefficient (Wildman–Crippen LogP) is 0.185. The number of fused-ring (bicyclic) bond motifs is 1. The van der Waals surface area contributed by atoms with Gasteiger partial charge in [0.25, 0.3) is 0 Å². The first-order valence-electron chi connectivity index (χ1n) is 8.82. The number of anilines is 2. The molecule has 0 amide bonds. The summed E-state index contributed by atoms with van der Waals surface area (Å²) in [5.41, 5.74) is 1.85. The van der Waals surface area contributed by atoms with E-state index in [0.717, 1.165) is 35.6 Å². The second-order valence-electron chi connectivity index (χ2n) is 6.81. The van der Waals surface area contributed by atoms with Gasteiger partial charge >= 0.3 is 0 Å². The van der Waals surface area contributed by atoms with E-state index in [-0.39, 0.29) is 0 Å². The molecule has 0 bridgehead atoms. The zero-order valence-corrected chi connectivity index (χ0v) is 15.9. The van der Waals surface area contributed by atoms with Crippen LogP contribution in [-0.4, -0.2) is 86.4 Å². The SMILES string of the molecule is Cc1cc2c(N3CCN(S(C)(=O)=O)CC3)nc(N3CCOCC3)nc2[nH]1. The number of aryl methyl sites for hydroxylation is 1. The number of H-pyrrole nitrogens is 1. The Morgan fingerprint density at radius 2 is 1.73 bits per heavy atom. The molecule has 10 heteroatoms. The molecule has 2 aliphatic rings. The lowest BCUT2D eigenvalue weighted by atomic mass is 10.3. The summed E-state index contributed by atoms with van der Waals surface area (Å²) in [5, 5.41) is 0.979. The van der Waals surface area contributed by atoms with Crippen LogP contribution in [0.5, 0.6) is 0 Å². The van der Waals surface area contributed by atoms with Crippen LogP contribution < -0.4 is 9.80 Å². The highest BCUT2D eigenvalue weighted by atomic mass is 32.2. The van der Waals surface area contributed by atoms with Gasteiger partial charge in [-0.25, -0.2) is 8.42 Å². The molecule has 0 spiro atoms. The molecule has 0 aliphatic carbocycles. The minimum absolute atomic E-state index is 0.473. The van der Waals surface area contributed by atoms with Gasteiger partial charge in [-0.1, -0.05) is 0 Å². The fourth-order valence-corrected chi connectivity index (χ4v) is 4.32. The van der Waals surface area contributed by atoms with E-state index in [1.54, 1.807) is 0 Å². The maximum atomic E-state index is 11.8. The van der Waals surface area contributed by atoms with Gasteiger partial charge in [-0.15, -0.1) is 0 Å². The van der Waals surface area contributed by atoms with Crippen LogP contribution in [0.2, 0.25) is 0 Å². The molecule has 9 nitrogen and oxygen atoms in total. The van der Waals surface area contributed by atoms with E-state index in [1.807, 2.05) is 6.92 Å². The van der Waals surface area contributed by atoms with Crippen LogP contribution in [0, 0.1) is 6.92 Å². The topological polar surface area (TPSA) is 94.7 Å². The van der Waals surface area contributed by atoms with Crippen LogP contribution in [-0.2, 0) is 14.8 Å². The molecule has 0 atom stereocenters. The average molecular weight is 380 g/mol. The molecule has 4 rings (SSSR count). The Morgan fingerprint density at radius 3 is 2.38 bits per heavy atom. The van der Waals surface area contributed by atoms with E-state index in [4.69, 9.17) is 14.7 Å². The standard InChI is InChI=1S/C16H24N6O3S/c1-12-11-13-14(17-12)18-16(21-7-9-25-10-8-21)19-15(13)20-3-5-22(6-4-20)26(2,23)24/h11H,3-10H2,1-2H3,(H,17,18,19). The second kappa shape index (κ2) is 6.67. The van der Waals surface area contributed by atoms with Gasteiger partial charge in [0.05, 0.1) is 24.9 Å². The first-order valence-corrected chi connectivity index (χ1v) is 10.7. The fourth-order valence-electron chi connectivity index (χ4n) is 3.49. The number of sulfonamides is 1. The van der Waals surface area contributed by atoms with Crippen LogP contribution in [0.4, 0.5) is 11.8 Å². The third-order valence-electron chi connectivity index (χ3n) is 4.89. The van der Waals surface area contributed by atoms with E-state index in [2.05, 4.69) is 20.9 Å². The first kappa shape index (κ1) is 17.5. The molecule has 142 valence electrons. The maximum absolute atomic E-state index is 11.8. The van der Waals surface area contributed by atoms with Gasteiger partial charge < -0.3 is 19.5 Å². The fraction of sp³-hybridized carbons (Fsp3) is 0.625. The predicted molar refractivity (Wildman–Crippen MR) is 100 cm³/mol. The highest BCUT2D eigenvalue weighted by Crippen LogP contribution is 2.28. The van der Waals surface area contributed by atoms with Crippen molar-refractivity contribution in [3.05, 3.63) is 11.8 Å². The number of nitrogens with one attached hydrogen (secondary N) is 1. The van der Waals surface area contributed by atoms with Crippen molar-refractivity contribution in [2.75, 3.05) is 68.5 Å². The minimum atomic E-state index is -3.15. The molecule has 2 aromatic rings. The van der Waals surface area contributed by atoms with E-state index >= 15 is 0 Å². The summed E-state index contributed by atoms with van der Waals surface area (Å²) in [6.07, 6.45) is 1.26. The van der Waals surface area contributed by atoms with E-state index in [0.29, 0.717) is 45.3 Å². The van der Waals surface area contributed by atoms with Crippen molar-refractivity contribution in [2.45, 2.75) is 6.92 Å². The number of aromatic amines is 1. The molecule has 2 aromatic heterocycles. The summed E-state index contributed by atoms with van der Waals surface area (Å²) in [5.74, 6) is 1.57. The highest BCUT2D eigenvalue weighted by Gasteiger charge is 2.27. The van der Waals surface area contributed by atoms with Gasteiger partial charge in [0.1, 0.15) is 11.5 Å². The summed E-state index contributed by atoms with van der Waals surface area (Å²) < 4.78 is 30.5. The number of nitrogens with zero attached hydrogens (tertiary/aromatic N) is 5. The maximum Gasteiger partial charge on any atom is 0.229 e. The summed E-state index contributed by atoms with van der Waals surface area (Å²) in [6.45, 7) is 7.07. The first-order chi connectivity index (χ1) is 12.4.